The maximum atomic E-state index is 12.6. The van der Waals surface area contributed by atoms with Gasteiger partial charge in [0.25, 0.3) is 5.91 Å². The van der Waals surface area contributed by atoms with Crippen LogP contribution in [0.1, 0.15) is 35.3 Å². The Morgan fingerprint density at radius 1 is 1.33 bits per heavy atom. The largest absolute Gasteiger partial charge is 0.478 e. The number of fused-ring (bicyclic) bond motifs is 1. The molecule has 124 valence electrons. The van der Waals surface area contributed by atoms with Crippen LogP contribution in [0, 0.1) is 11.3 Å². The average Bonchev–Trinajstić information content (AvgIpc) is 2.91. The summed E-state index contributed by atoms with van der Waals surface area (Å²) in [5, 5.41) is 22.0. The fourth-order valence-corrected chi connectivity index (χ4v) is 4.71. The molecule has 0 radical (unpaired) electrons. The van der Waals surface area contributed by atoms with Gasteiger partial charge in [0.1, 0.15) is 11.1 Å². The van der Waals surface area contributed by atoms with Crippen LogP contribution < -0.4 is 5.32 Å². The normalized spacial score (nSPS) is 19.6. The number of hydrogen-bond donors (Lipinski definition) is 2. The van der Waals surface area contributed by atoms with Crippen LogP contribution in [0.5, 0.6) is 0 Å². The van der Waals surface area contributed by atoms with Crippen molar-refractivity contribution < 1.29 is 14.7 Å². The third-order valence-corrected chi connectivity index (χ3v) is 6.02. The third kappa shape index (κ3) is 3.17. The molecular weight excluding hydrogens is 392 g/mol. The number of carbonyl (C=O) groups is 2. The first-order valence-electron chi connectivity index (χ1n) is 7.67. The lowest BCUT2D eigenvalue weighted by atomic mass is 9.95. The highest BCUT2D eigenvalue weighted by atomic mass is 79.9. The number of thiophene rings is 1. The summed E-state index contributed by atoms with van der Waals surface area (Å²) in [6.45, 7) is 0. The Hall–Kier alpha value is -1.91. The Balaban J connectivity index is 1.88. The number of halogens is 1. The number of allylic oxidation sites excluding steroid dienone is 2. The lowest BCUT2D eigenvalue weighted by Crippen LogP contribution is -2.22. The van der Waals surface area contributed by atoms with Crippen molar-refractivity contribution in [1.29, 1.82) is 5.26 Å². The van der Waals surface area contributed by atoms with E-state index in [1.165, 1.54) is 17.4 Å². The summed E-state index contributed by atoms with van der Waals surface area (Å²) >= 11 is 4.78. The van der Waals surface area contributed by atoms with Crippen LogP contribution in [0.25, 0.3) is 0 Å². The molecule has 2 N–H and O–H groups in total. The molecule has 1 heterocycles. The van der Waals surface area contributed by atoms with Crippen LogP contribution >= 0.6 is 27.3 Å². The van der Waals surface area contributed by atoms with Gasteiger partial charge in [-0.3, -0.25) is 4.79 Å². The number of alkyl halides is 1. The van der Waals surface area contributed by atoms with E-state index in [1.807, 2.05) is 0 Å². The number of carboxylic acids is 1. The number of nitrogens with zero attached hydrogens (tertiary/aromatic N) is 1. The molecule has 24 heavy (non-hydrogen) atoms. The van der Waals surface area contributed by atoms with Crippen molar-refractivity contribution in [3.05, 3.63) is 39.3 Å². The van der Waals surface area contributed by atoms with Gasteiger partial charge in [-0.05, 0) is 37.7 Å². The standard InChI is InChI=1S/C17H15BrN2O3S/c18-9-5-6-11(12(7-9)17(22)23)15(21)20-16-13(8-19)10-3-1-2-4-14(10)24-16/h6-7,9H,1-5H2,(H,20,21)(H,22,23). The zero-order valence-corrected chi connectivity index (χ0v) is 15.2. The number of anilines is 1. The molecule has 2 aliphatic rings. The van der Waals surface area contributed by atoms with Crippen molar-refractivity contribution in [2.24, 2.45) is 0 Å². The molecule has 7 heteroatoms. The molecule has 0 spiro atoms. The van der Waals surface area contributed by atoms with Gasteiger partial charge < -0.3 is 10.4 Å². The zero-order valence-electron chi connectivity index (χ0n) is 12.8. The SMILES string of the molecule is N#Cc1c(NC(=O)C2=CCC(Br)C=C2C(=O)O)sc2c1CCCC2. The highest BCUT2D eigenvalue weighted by Crippen LogP contribution is 2.38. The number of nitrogens with one attached hydrogen (secondary N) is 1. The molecule has 1 amide bonds. The summed E-state index contributed by atoms with van der Waals surface area (Å²) in [5.74, 6) is -1.61. The minimum Gasteiger partial charge on any atom is -0.478 e. The average molecular weight is 407 g/mol. The fraction of sp³-hybridized carbons (Fsp3) is 0.353. The van der Waals surface area contributed by atoms with E-state index in [-0.39, 0.29) is 16.0 Å². The van der Waals surface area contributed by atoms with Crippen LogP contribution in [-0.4, -0.2) is 21.8 Å². The minimum atomic E-state index is -1.13. The number of carboxylic acid groups (broad SMARTS) is 1. The number of amides is 1. The molecular formula is C17H15BrN2O3S. The van der Waals surface area contributed by atoms with Gasteiger partial charge in [-0.25, -0.2) is 4.79 Å². The van der Waals surface area contributed by atoms with Gasteiger partial charge in [-0.1, -0.05) is 28.1 Å². The Morgan fingerprint density at radius 2 is 2.08 bits per heavy atom. The molecule has 0 fully saturated rings. The van der Waals surface area contributed by atoms with E-state index in [1.54, 1.807) is 6.08 Å². The molecule has 0 aromatic carbocycles. The molecule has 1 unspecified atom stereocenters. The van der Waals surface area contributed by atoms with E-state index in [0.717, 1.165) is 36.1 Å². The van der Waals surface area contributed by atoms with Gasteiger partial charge in [0.2, 0.25) is 0 Å². The predicted molar refractivity (Wildman–Crippen MR) is 95.4 cm³/mol. The van der Waals surface area contributed by atoms with E-state index in [2.05, 4.69) is 27.3 Å². The van der Waals surface area contributed by atoms with Gasteiger partial charge in [0, 0.05) is 15.3 Å². The summed E-state index contributed by atoms with van der Waals surface area (Å²) in [6.07, 6.45) is 7.63. The second-order valence-corrected chi connectivity index (χ2v) is 8.02. The smallest absolute Gasteiger partial charge is 0.336 e. The Kier molecular flexibility index (Phi) is 4.88. The quantitative estimate of drug-likeness (QED) is 0.750. The summed E-state index contributed by atoms with van der Waals surface area (Å²) in [5.41, 5.74) is 1.70. The van der Waals surface area contributed by atoms with Crippen LogP contribution in [0.4, 0.5) is 5.00 Å². The number of nitriles is 1. The van der Waals surface area contributed by atoms with Crippen molar-refractivity contribution in [3.8, 4) is 6.07 Å². The van der Waals surface area contributed by atoms with Gasteiger partial charge in [-0.2, -0.15) is 5.26 Å². The van der Waals surface area contributed by atoms with Gasteiger partial charge in [0.05, 0.1) is 11.1 Å². The number of hydrogen-bond acceptors (Lipinski definition) is 4. The Labute approximate surface area is 151 Å². The summed E-state index contributed by atoms with van der Waals surface area (Å²) in [6, 6.07) is 2.19. The highest BCUT2D eigenvalue weighted by Gasteiger charge is 2.27. The zero-order chi connectivity index (χ0) is 17.3. The molecule has 1 atom stereocenters. The maximum absolute atomic E-state index is 12.6. The van der Waals surface area contributed by atoms with Gasteiger partial charge in [0.15, 0.2) is 0 Å². The van der Waals surface area contributed by atoms with Crippen molar-refractivity contribution in [3.63, 3.8) is 0 Å². The van der Waals surface area contributed by atoms with Crippen LogP contribution in [0.15, 0.2) is 23.3 Å². The molecule has 1 aromatic rings. The lowest BCUT2D eigenvalue weighted by molar-refractivity contribution is -0.132. The van der Waals surface area contributed by atoms with Crippen molar-refractivity contribution in [2.75, 3.05) is 5.32 Å². The fourth-order valence-electron chi connectivity index (χ4n) is 3.02. The number of rotatable bonds is 3. The van der Waals surface area contributed by atoms with Crippen molar-refractivity contribution >= 4 is 44.1 Å². The molecule has 0 bridgehead atoms. The van der Waals surface area contributed by atoms with E-state index in [4.69, 9.17) is 0 Å². The maximum Gasteiger partial charge on any atom is 0.336 e. The monoisotopic (exact) mass is 406 g/mol. The molecule has 0 saturated carbocycles. The van der Waals surface area contributed by atoms with Crippen molar-refractivity contribution in [1.82, 2.24) is 0 Å². The molecule has 5 nitrogen and oxygen atoms in total. The first kappa shape index (κ1) is 16.9. The molecule has 3 rings (SSSR count). The van der Waals surface area contributed by atoms with Crippen LogP contribution in [0.3, 0.4) is 0 Å². The van der Waals surface area contributed by atoms with E-state index in [0.29, 0.717) is 17.0 Å². The van der Waals surface area contributed by atoms with E-state index < -0.39 is 11.9 Å². The van der Waals surface area contributed by atoms with E-state index in [9.17, 15) is 20.0 Å². The van der Waals surface area contributed by atoms with Crippen LogP contribution in [0.2, 0.25) is 0 Å². The molecule has 1 aromatic heterocycles. The highest BCUT2D eigenvalue weighted by molar-refractivity contribution is 9.09. The van der Waals surface area contributed by atoms with Gasteiger partial charge in [-0.15, -0.1) is 11.3 Å². The molecule has 2 aliphatic carbocycles. The predicted octanol–water partition coefficient (Wildman–Crippen LogP) is 3.54. The van der Waals surface area contributed by atoms with Crippen LogP contribution in [-0.2, 0) is 22.4 Å². The second kappa shape index (κ2) is 6.91. The third-order valence-electron chi connectivity index (χ3n) is 4.17. The first-order chi connectivity index (χ1) is 11.5. The Morgan fingerprint density at radius 3 is 2.79 bits per heavy atom. The minimum absolute atomic E-state index is 0.0135. The van der Waals surface area contributed by atoms with Crippen molar-refractivity contribution in [2.45, 2.75) is 36.9 Å². The number of carbonyl (C=O) groups excluding carboxylic acids is 1. The topological polar surface area (TPSA) is 90.2 Å². The summed E-state index contributed by atoms with van der Waals surface area (Å²) in [4.78, 5) is 25.0. The van der Waals surface area contributed by atoms with E-state index >= 15 is 0 Å². The molecule has 0 aliphatic heterocycles. The number of aryl methyl sites for hydroxylation is 1. The molecule has 0 saturated heterocycles. The lowest BCUT2D eigenvalue weighted by Gasteiger charge is -2.15. The summed E-state index contributed by atoms with van der Waals surface area (Å²) in [7, 11) is 0. The number of aliphatic carboxylic acids is 1. The first-order valence-corrected chi connectivity index (χ1v) is 9.40. The Bertz CT molecular complexity index is 817. The second-order valence-electron chi connectivity index (χ2n) is 5.74. The van der Waals surface area contributed by atoms with Gasteiger partial charge >= 0.3 is 5.97 Å². The summed E-state index contributed by atoms with van der Waals surface area (Å²) < 4.78 is 0.